The van der Waals surface area contributed by atoms with Crippen molar-refractivity contribution < 1.29 is 17.7 Å². The number of benzene rings is 1. The van der Waals surface area contributed by atoms with Crippen LogP contribution < -0.4 is 0 Å². The van der Waals surface area contributed by atoms with Gasteiger partial charge in [-0.3, -0.25) is 0 Å². The van der Waals surface area contributed by atoms with Crippen molar-refractivity contribution in [2.24, 2.45) is 0 Å². The minimum Gasteiger partial charge on any atom is -0.374 e. The Hall–Kier alpha value is -0.463. The van der Waals surface area contributed by atoms with Crippen molar-refractivity contribution >= 4 is 20.4 Å². The largest absolute Gasteiger partial charge is 0.505 e. The van der Waals surface area contributed by atoms with Crippen molar-refractivity contribution in [1.29, 1.82) is 0 Å². The average molecular weight is 307 g/mol. The molecule has 0 atom stereocenters. The third-order valence-electron chi connectivity index (χ3n) is 2.51. The lowest BCUT2D eigenvalue weighted by Gasteiger charge is -2.28. The summed E-state index contributed by atoms with van der Waals surface area (Å²) in [6, 6.07) is 4.77. The van der Waals surface area contributed by atoms with E-state index in [1.807, 2.05) is 20.8 Å². The Kier molecular flexibility index (Phi) is 6.96. The molecule has 0 aliphatic carbocycles. The standard InChI is InChI=1S/C13H20ClFO3Si/c1-4-16-19(17-5-2,18-6-3)10-11-7-8-12(15)9-13(11)14/h7-9H,4-6,10H2,1-3H3. The van der Waals surface area contributed by atoms with Crippen LogP contribution in [0.3, 0.4) is 0 Å². The van der Waals surface area contributed by atoms with Crippen LogP contribution in [0.5, 0.6) is 0 Å². The van der Waals surface area contributed by atoms with Gasteiger partial charge in [0.25, 0.3) is 0 Å². The van der Waals surface area contributed by atoms with Gasteiger partial charge in [-0.1, -0.05) is 17.7 Å². The summed E-state index contributed by atoms with van der Waals surface area (Å²) >= 11 is 6.05. The third kappa shape index (κ3) is 4.85. The van der Waals surface area contributed by atoms with Crippen LogP contribution in [0.1, 0.15) is 26.3 Å². The lowest BCUT2D eigenvalue weighted by molar-refractivity contribution is 0.0704. The van der Waals surface area contributed by atoms with Gasteiger partial charge in [0, 0.05) is 30.9 Å². The second-order valence-electron chi connectivity index (χ2n) is 3.89. The van der Waals surface area contributed by atoms with Gasteiger partial charge < -0.3 is 13.3 Å². The number of rotatable bonds is 8. The van der Waals surface area contributed by atoms with Crippen LogP contribution >= 0.6 is 11.6 Å². The molecule has 1 aromatic carbocycles. The quantitative estimate of drug-likeness (QED) is 0.687. The average Bonchev–Trinajstić information content (AvgIpc) is 2.34. The predicted molar refractivity (Wildman–Crippen MR) is 75.7 cm³/mol. The summed E-state index contributed by atoms with van der Waals surface area (Å²) in [6.07, 6.45) is 0. The van der Waals surface area contributed by atoms with E-state index in [1.165, 1.54) is 12.1 Å². The summed E-state index contributed by atoms with van der Waals surface area (Å²) in [6.45, 7) is 7.20. The van der Waals surface area contributed by atoms with E-state index in [9.17, 15) is 4.39 Å². The maximum atomic E-state index is 13.1. The number of hydrogen-bond donors (Lipinski definition) is 0. The van der Waals surface area contributed by atoms with Crippen molar-refractivity contribution in [3.8, 4) is 0 Å². The highest BCUT2D eigenvalue weighted by atomic mass is 35.5. The molecule has 0 N–H and O–H groups in total. The summed E-state index contributed by atoms with van der Waals surface area (Å²) in [5.74, 6) is -0.356. The molecular weight excluding hydrogens is 287 g/mol. The van der Waals surface area contributed by atoms with Gasteiger partial charge in [0.1, 0.15) is 5.82 Å². The first-order valence-electron chi connectivity index (χ1n) is 6.42. The molecule has 0 fully saturated rings. The fourth-order valence-electron chi connectivity index (χ4n) is 1.84. The first-order chi connectivity index (χ1) is 9.06. The van der Waals surface area contributed by atoms with Gasteiger partial charge in [0.2, 0.25) is 0 Å². The van der Waals surface area contributed by atoms with E-state index in [4.69, 9.17) is 24.9 Å². The molecule has 0 radical (unpaired) electrons. The van der Waals surface area contributed by atoms with Gasteiger partial charge in [0.05, 0.1) is 0 Å². The van der Waals surface area contributed by atoms with E-state index < -0.39 is 8.80 Å². The highest BCUT2D eigenvalue weighted by molar-refractivity contribution is 6.60. The smallest absolute Gasteiger partial charge is 0.374 e. The molecule has 0 aromatic heterocycles. The van der Waals surface area contributed by atoms with E-state index >= 15 is 0 Å². The van der Waals surface area contributed by atoms with Crippen LogP contribution in [0.25, 0.3) is 0 Å². The maximum absolute atomic E-state index is 13.1. The molecule has 0 aliphatic heterocycles. The Morgan fingerprint density at radius 1 is 1.05 bits per heavy atom. The minimum atomic E-state index is -2.79. The Bertz CT molecular complexity index is 386. The van der Waals surface area contributed by atoms with Gasteiger partial charge in [-0.2, -0.15) is 0 Å². The second kappa shape index (κ2) is 7.97. The molecule has 0 aliphatic rings. The van der Waals surface area contributed by atoms with Crippen LogP contribution in [0.4, 0.5) is 4.39 Å². The molecule has 0 saturated heterocycles. The fraction of sp³-hybridized carbons (Fsp3) is 0.538. The summed E-state index contributed by atoms with van der Waals surface area (Å²) in [7, 11) is -2.79. The summed E-state index contributed by atoms with van der Waals surface area (Å²) < 4.78 is 30.3. The first-order valence-corrected chi connectivity index (χ1v) is 8.73. The third-order valence-corrected chi connectivity index (χ3v) is 5.87. The fourth-order valence-corrected chi connectivity index (χ4v) is 4.83. The summed E-state index contributed by atoms with van der Waals surface area (Å²) in [4.78, 5) is 0. The predicted octanol–water partition coefficient (Wildman–Crippen LogP) is 3.61. The van der Waals surface area contributed by atoms with Crippen molar-refractivity contribution in [2.75, 3.05) is 19.8 Å². The molecule has 1 aromatic rings. The van der Waals surface area contributed by atoms with Crippen LogP contribution in [0.15, 0.2) is 18.2 Å². The zero-order valence-corrected chi connectivity index (χ0v) is 13.3. The second-order valence-corrected chi connectivity index (χ2v) is 6.89. The Morgan fingerprint density at radius 3 is 2.00 bits per heavy atom. The van der Waals surface area contributed by atoms with Gasteiger partial charge in [-0.05, 0) is 38.5 Å². The molecule has 0 spiro atoms. The maximum Gasteiger partial charge on any atom is 0.505 e. The van der Waals surface area contributed by atoms with Crippen LogP contribution in [0, 0.1) is 5.82 Å². The van der Waals surface area contributed by atoms with Crippen molar-refractivity contribution in [2.45, 2.75) is 26.8 Å². The normalized spacial score (nSPS) is 11.8. The van der Waals surface area contributed by atoms with Gasteiger partial charge in [-0.25, -0.2) is 4.39 Å². The topological polar surface area (TPSA) is 27.7 Å². The molecule has 1 rings (SSSR count). The zero-order chi connectivity index (χ0) is 14.3. The van der Waals surface area contributed by atoms with Crippen molar-refractivity contribution in [3.63, 3.8) is 0 Å². The summed E-state index contributed by atoms with van der Waals surface area (Å²) in [5.41, 5.74) is 0.782. The van der Waals surface area contributed by atoms with Crippen molar-refractivity contribution in [1.82, 2.24) is 0 Å². The lowest BCUT2D eigenvalue weighted by Crippen LogP contribution is -2.48. The zero-order valence-electron chi connectivity index (χ0n) is 11.5. The monoisotopic (exact) mass is 306 g/mol. The van der Waals surface area contributed by atoms with E-state index in [2.05, 4.69) is 0 Å². The Balaban J connectivity index is 2.97. The first kappa shape index (κ1) is 16.6. The Labute approximate surface area is 120 Å². The number of halogens is 2. The molecule has 0 heterocycles. The molecule has 19 heavy (non-hydrogen) atoms. The highest BCUT2D eigenvalue weighted by Crippen LogP contribution is 2.24. The van der Waals surface area contributed by atoms with Crippen molar-refractivity contribution in [3.05, 3.63) is 34.6 Å². The molecule has 3 nitrogen and oxygen atoms in total. The lowest BCUT2D eigenvalue weighted by atomic mass is 10.2. The molecule has 0 unspecified atom stereocenters. The van der Waals surface area contributed by atoms with Gasteiger partial charge in [0.15, 0.2) is 0 Å². The van der Waals surface area contributed by atoms with Crippen LogP contribution in [-0.2, 0) is 19.3 Å². The van der Waals surface area contributed by atoms with E-state index in [-0.39, 0.29) is 5.82 Å². The van der Waals surface area contributed by atoms with Crippen LogP contribution in [0.2, 0.25) is 5.02 Å². The van der Waals surface area contributed by atoms with Gasteiger partial charge in [-0.15, -0.1) is 0 Å². The molecular formula is C13H20ClFO3Si. The Morgan fingerprint density at radius 2 is 1.58 bits per heavy atom. The molecule has 108 valence electrons. The molecule has 0 amide bonds. The summed E-state index contributed by atoms with van der Waals surface area (Å²) in [5, 5.41) is 0.371. The molecule has 0 bridgehead atoms. The number of hydrogen-bond acceptors (Lipinski definition) is 3. The molecule has 0 saturated carbocycles. The van der Waals surface area contributed by atoms with Gasteiger partial charge >= 0.3 is 8.80 Å². The van der Waals surface area contributed by atoms with E-state index in [1.54, 1.807) is 6.07 Å². The van der Waals surface area contributed by atoms with E-state index in [0.717, 1.165) is 5.56 Å². The molecule has 6 heteroatoms. The SMILES string of the molecule is CCO[Si](Cc1ccc(F)cc1Cl)(OCC)OCC. The highest BCUT2D eigenvalue weighted by Gasteiger charge is 2.41. The van der Waals surface area contributed by atoms with Crippen LogP contribution in [-0.4, -0.2) is 28.6 Å². The van der Waals surface area contributed by atoms with E-state index in [0.29, 0.717) is 30.9 Å². The minimum absolute atomic E-state index is 0.356.